The molecule has 0 saturated carbocycles. The van der Waals surface area contributed by atoms with Gasteiger partial charge in [0.25, 0.3) is 5.91 Å². The van der Waals surface area contributed by atoms with Crippen LogP contribution in [0.2, 0.25) is 0 Å². The van der Waals surface area contributed by atoms with Crippen molar-refractivity contribution >= 4 is 51.9 Å². The lowest BCUT2D eigenvalue weighted by molar-refractivity contribution is -0.124. The van der Waals surface area contributed by atoms with Gasteiger partial charge in [0.15, 0.2) is 5.11 Å². The number of carbonyl (C=O) groups is 2. The summed E-state index contributed by atoms with van der Waals surface area (Å²) in [5.74, 6) is -0.286. The summed E-state index contributed by atoms with van der Waals surface area (Å²) in [6.45, 7) is 2.95. The summed E-state index contributed by atoms with van der Waals surface area (Å²) in [6, 6.07) is 15.9. The third-order valence-corrected chi connectivity index (χ3v) is 6.76. The van der Waals surface area contributed by atoms with E-state index >= 15 is 0 Å². The number of rotatable bonds is 9. The van der Waals surface area contributed by atoms with Crippen molar-refractivity contribution < 1.29 is 18.7 Å². The van der Waals surface area contributed by atoms with Gasteiger partial charge in [-0.3, -0.25) is 14.5 Å². The minimum absolute atomic E-state index is 0.0612. The van der Waals surface area contributed by atoms with Crippen LogP contribution in [0.4, 0.5) is 15.8 Å². The van der Waals surface area contributed by atoms with Crippen LogP contribution in [0.1, 0.15) is 18.2 Å². The van der Waals surface area contributed by atoms with E-state index in [1.54, 1.807) is 40.5 Å². The third-order valence-electron chi connectivity index (χ3n) is 5.41. The summed E-state index contributed by atoms with van der Waals surface area (Å²) >= 11 is 7.27. The normalized spacial score (nSPS) is 15.6. The van der Waals surface area contributed by atoms with Crippen molar-refractivity contribution in [3.8, 4) is 5.75 Å². The molecule has 1 aliphatic heterocycles. The van der Waals surface area contributed by atoms with Crippen molar-refractivity contribution in [2.45, 2.75) is 25.8 Å². The Hall–Kier alpha value is -3.30. The Labute approximate surface area is 206 Å². The van der Waals surface area contributed by atoms with Crippen LogP contribution in [0.5, 0.6) is 5.75 Å². The first-order valence-electron chi connectivity index (χ1n) is 10.9. The SMILES string of the molecule is CCOc1ccc(NC(=O)CC2C(=O)N(c3ccc(F)cc3)C(=S)N2CCc2cccs2)cc1. The topological polar surface area (TPSA) is 61.9 Å². The van der Waals surface area contributed by atoms with E-state index < -0.39 is 11.9 Å². The van der Waals surface area contributed by atoms with Gasteiger partial charge in [-0.15, -0.1) is 11.3 Å². The molecular formula is C25H24FN3O3S2. The van der Waals surface area contributed by atoms with E-state index in [2.05, 4.69) is 5.32 Å². The molecule has 1 aliphatic rings. The van der Waals surface area contributed by atoms with E-state index in [1.165, 1.54) is 29.2 Å². The van der Waals surface area contributed by atoms with Gasteiger partial charge in [0.05, 0.1) is 18.7 Å². The van der Waals surface area contributed by atoms with Gasteiger partial charge in [-0.1, -0.05) is 6.07 Å². The number of carbonyl (C=O) groups excluding carboxylic acids is 2. The predicted molar refractivity (Wildman–Crippen MR) is 136 cm³/mol. The van der Waals surface area contributed by atoms with E-state index in [0.717, 1.165) is 4.88 Å². The maximum absolute atomic E-state index is 13.4. The number of anilines is 2. The molecular weight excluding hydrogens is 473 g/mol. The van der Waals surface area contributed by atoms with E-state index in [-0.39, 0.29) is 18.2 Å². The summed E-state index contributed by atoms with van der Waals surface area (Å²) < 4.78 is 18.9. The fourth-order valence-corrected chi connectivity index (χ4v) is 4.90. The van der Waals surface area contributed by atoms with Gasteiger partial charge in [0, 0.05) is 17.1 Å². The Kier molecular flexibility index (Phi) is 7.54. The zero-order valence-corrected chi connectivity index (χ0v) is 20.2. The number of amides is 2. The number of thiophene rings is 1. The van der Waals surface area contributed by atoms with Gasteiger partial charge in [-0.25, -0.2) is 4.39 Å². The van der Waals surface area contributed by atoms with Crippen LogP contribution in [-0.4, -0.2) is 41.0 Å². The molecule has 9 heteroatoms. The second-order valence-corrected chi connectivity index (χ2v) is 9.08. The van der Waals surface area contributed by atoms with Gasteiger partial charge >= 0.3 is 0 Å². The third kappa shape index (κ3) is 5.43. The Morgan fingerprint density at radius 1 is 1.15 bits per heavy atom. The van der Waals surface area contributed by atoms with E-state index in [0.29, 0.717) is 41.8 Å². The first-order valence-corrected chi connectivity index (χ1v) is 12.2. The summed E-state index contributed by atoms with van der Waals surface area (Å²) in [5, 5.41) is 5.15. The molecule has 4 rings (SSSR count). The summed E-state index contributed by atoms with van der Waals surface area (Å²) in [7, 11) is 0. The van der Waals surface area contributed by atoms with Crippen LogP contribution in [0.25, 0.3) is 0 Å². The summed E-state index contributed by atoms with van der Waals surface area (Å²) in [5.41, 5.74) is 1.09. The predicted octanol–water partition coefficient (Wildman–Crippen LogP) is 4.86. The zero-order chi connectivity index (χ0) is 24.1. The molecule has 0 bridgehead atoms. The van der Waals surface area contributed by atoms with Crippen molar-refractivity contribution in [2.75, 3.05) is 23.4 Å². The highest BCUT2D eigenvalue weighted by Crippen LogP contribution is 2.28. The van der Waals surface area contributed by atoms with Crippen LogP contribution in [0.3, 0.4) is 0 Å². The average molecular weight is 498 g/mol. The number of nitrogens with zero attached hydrogens (tertiary/aromatic N) is 2. The van der Waals surface area contributed by atoms with Crippen molar-refractivity contribution in [1.29, 1.82) is 0 Å². The first kappa shape index (κ1) is 23.8. The molecule has 1 atom stereocenters. The Morgan fingerprint density at radius 2 is 1.88 bits per heavy atom. The molecule has 1 saturated heterocycles. The second-order valence-electron chi connectivity index (χ2n) is 7.68. The van der Waals surface area contributed by atoms with Crippen molar-refractivity contribution in [3.05, 3.63) is 76.7 Å². The molecule has 2 amide bonds. The molecule has 0 radical (unpaired) electrons. The minimum Gasteiger partial charge on any atom is -0.494 e. The van der Waals surface area contributed by atoms with E-state index in [9.17, 15) is 14.0 Å². The largest absolute Gasteiger partial charge is 0.494 e. The van der Waals surface area contributed by atoms with Crippen LogP contribution in [0, 0.1) is 5.82 Å². The number of nitrogens with one attached hydrogen (secondary N) is 1. The zero-order valence-electron chi connectivity index (χ0n) is 18.6. The van der Waals surface area contributed by atoms with E-state index in [4.69, 9.17) is 17.0 Å². The molecule has 1 fully saturated rings. The van der Waals surface area contributed by atoms with Crippen molar-refractivity contribution in [1.82, 2.24) is 4.90 Å². The monoisotopic (exact) mass is 497 g/mol. The smallest absolute Gasteiger partial charge is 0.256 e. The molecule has 1 N–H and O–H groups in total. The van der Waals surface area contributed by atoms with Gasteiger partial charge in [-0.05, 0) is 85.5 Å². The van der Waals surface area contributed by atoms with Gasteiger partial charge in [0.1, 0.15) is 17.6 Å². The molecule has 2 aromatic carbocycles. The molecule has 1 aromatic heterocycles. The Bertz CT molecular complexity index is 1150. The number of thiocarbonyl (C=S) groups is 1. The molecule has 0 aliphatic carbocycles. The molecule has 0 spiro atoms. The highest BCUT2D eigenvalue weighted by Gasteiger charge is 2.43. The number of benzene rings is 2. The Morgan fingerprint density at radius 3 is 2.53 bits per heavy atom. The lowest BCUT2D eigenvalue weighted by Crippen LogP contribution is -2.39. The molecule has 3 aromatic rings. The Balaban J connectivity index is 1.51. The highest BCUT2D eigenvalue weighted by molar-refractivity contribution is 7.80. The van der Waals surface area contributed by atoms with Crippen molar-refractivity contribution in [2.24, 2.45) is 0 Å². The van der Waals surface area contributed by atoms with E-state index in [1.807, 2.05) is 24.4 Å². The summed E-state index contributed by atoms with van der Waals surface area (Å²) in [4.78, 5) is 30.6. The number of hydrogen-bond acceptors (Lipinski definition) is 5. The molecule has 2 heterocycles. The quantitative estimate of drug-likeness (QED) is 0.428. The maximum atomic E-state index is 13.4. The number of ether oxygens (including phenoxy) is 1. The van der Waals surface area contributed by atoms with Crippen LogP contribution < -0.4 is 15.0 Å². The lowest BCUT2D eigenvalue weighted by atomic mass is 10.1. The molecule has 6 nitrogen and oxygen atoms in total. The molecule has 34 heavy (non-hydrogen) atoms. The van der Waals surface area contributed by atoms with Crippen LogP contribution >= 0.6 is 23.6 Å². The average Bonchev–Trinajstić information content (AvgIpc) is 3.42. The number of halogens is 1. The molecule has 176 valence electrons. The highest BCUT2D eigenvalue weighted by atomic mass is 32.1. The fraction of sp³-hybridized carbons (Fsp3) is 0.240. The maximum Gasteiger partial charge on any atom is 0.256 e. The lowest BCUT2D eigenvalue weighted by Gasteiger charge is -2.23. The van der Waals surface area contributed by atoms with Gasteiger partial charge in [-0.2, -0.15) is 0 Å². The first-order chi connectivity index (χ1) is 16.5. The minimum atomic E-state index is -0.750. The number of hydrogen-bond donors (Lipinski definition) is 1. The molecule has 1 unspecified atom stereocenters. The second kappa shape index (κ2) is 10.8. The summed E-state index contributed by atoms with van der Waals surface area (Å²) in [6.07, 6.45) is 0.633. The fourth-order valence-electron chi connectivity index (χ4n) is 3.79. The van der Waals surface area contributed by atoms with Gasteiger partial charge in [0.2, 0.25) is 5.91 Å². The standard InChI is InChI=1S/C25H24FN3O3S2/c1-2-32-20-11-7-18(8-12-20)27-23(30)16-22-24(31)29(19-9-5-17(26)6-10-19)25(33)28(22)14-13-21-4-3-15-34-21/h3-12,15,22H,2,13-14,16H2,1H3,(H,27,30). The van der Waals surface area contributed by atoms with Gasteiger partial charge < -0.3 is 15.0 Å². The van der Waals surface area contributed by atoms with Crippen molar-refractivity contribution in [3.63, 3.8) is 0 Å². The van der Waals surface area contributed by atoms with Crippen LogP contribution in [-0.2, 0) is 16.0 Å². The van der Waals surface area contributed by atoms with Crippen LogP contribution in [0.15, 0.2) is 66.0 Å².